The first-order chi connectivity index (χ1) is 11.5. The van der Waals surface area contributed by atoms with Crippen LogP contribution < -0.4 is 5.73 Å². The van der Waals surface area contributed by atoms with Crippen LogP contribution in [0, 0.1) is 0 Å². The molecule has 0 aliphatic carbocycles. The minimum absolute atomic E-state index is 0.470. The van der Waals surface area contributed by atoms with E-state index in [4.69, 9.17) is 46.2 Å². The Labute approximate surface area is 141 Å². The predicted octanol–water partition coefficient (Wildman–Crippen LogP) is -6.38. The van der Waals surface area contributed by atoms with Gasteiger partial charge in [0, 0.05) is 0 Å². The van der Waals surface area contributed by atoms with Crippen LogP contribution in [0.1, 0.15) is 0 Å². The van der Waals surface area contributed by atoms with Crippen molar-refractivity contribution in [1.29, 1.82) is 0 Å². The van der Waals surface area contributed by atoms with E-state index in [2.05, 4.69) is 4.74 Å². The van der Waals surface area contributed by atoms with Crippen LogP contribution in [0.25, 0.3) is 0 Å². The minimum Gasteiger partial charge on any atom is -0.479 e. The number of carboxylic acid groups (broad SMARTS) is 1. The second-order valence-corrected chi connectivity index (χ2v) is 5.56. The third-order valence-electron chi connectivity index (χ3n) is 3.78. The molecule has 13 nitrogen and oxygen atoms in total. The van der Waals surface area contributed by atoms with Gasteiger partial charge in [0.15, 0.2) is 18.7 Å². The molecule has 0 unspecified atom stereocenters. The lowest BCUT2D eigenvalue weighted by atomic mass is 9.98. The fourth-order valence-electron chi connectivity index (χ4n) is 2.18. The summed E-state index contributed by atoms with van der Waals surface area (Å²) in [4.78, 5) is 10.4. The average molecular weight is 373 g/mol. The van der Waals surface area contributed by atoms with Gasteiger partial charge in [0.2, 0.25) is 0 Å². The van der Waals surface area contributed by atoms with Crippen LogP contribution in [-0.2, 0) is 14.3 Å². The summed E-state index contributed by atoms with van der Waals surface area (Å²) < 4.78 is 9.04. The normalized spacial score (nSPS) is 47.6. The summed E-state index contributed by atoms with van der Waals surface area (Å²) in [5, 5.41) is 80.4. The Morgan fingerprint density at radius 2 is 1.36 bits per heavy atom. The van der Waals surface area contributed by atoms with Gasteiger partial charge >= 0.3 is 5.97 Å². The predicted molar refractivity (Wildman–Crippen MR) is 74.5 cm³/mol. The molecule has 0 radical (unpaired) electrons. The van der Waals surface area contributed by atoms with Gasteiger partial charge in [-0.05, 0) is 0 Å². The highest BCUT2D eigenvalue weighted by molar-refractivity contribution is 5.73. The fourth-order valence-corrected chi connectivity index (χ4v) is 2.18. The molecule has 2 fully saturated rings. The van der Waals surface area contributed by atoms with E-state index < -0.39 is 73.9 Å². The summed E-state index contributed by atoms with van der Waals surface area (Å²) in [6.07, 6.45) is -13.6. The van der Waals surface area contributed by atoms with Gasteiger partial charge in [-0.3, -0.25) is 0 Å². The van der Waals surface area contributed by atoms with E-state index in [1.54, 1.807) is 0 Å². The highest BCUT2D eigenvalue weighted by Crippen LogP contribution is 2.20. The number of nitrogens with two attached hydrogens (primary N) is 1. The lowest BCUT2D eigenvalue weighted by Crippen LogP contribution is -2.61. The van der Waals surface area contributed by atoms with Crippen LogP contribution in [0.5, 0.6) is 0 Å². The van der Waals surface area contributed by atoms with E-state index >= 15 is 0 Å². The quantitative estimate of drug-likeness (QED) is 0.217. The number of aliphatic hydroxyl groups excluding tert-OH is 8. The van der Waals surface area contributed by atoms with Gasteiger partial charge < -0.3 is 61.2 Å². The number of carboxylic acids is 1. The van der Waals surface area contributed by atoms with Gasteiger partial charge in [-0.25, -0.2) is 4.79 Å². The smallest absolute Gasteiger partial charge is 0.335 e. The van der Waals surface area contributed by atoms with Crippen molar-refractivity contribution in [2.45, 2.75) is 61.3 Å². The zero-order valence-corrected chi connectivity index (χ0v) is 12.8. The monoisotopic (exact) mass is 373 g/mol. The van der Waals surface area contributed by atoms with Gasteiger partial charge in [0.05, 0.1) is 12.6 Å². The van der Waals surface area contributed by atoms with E-state index in [-0.39, 0.29) is 0 Å². The summed E-state index contributed by atoms with van der Waals surface area (Å²) in [5.41, 5.74) is 5.26. The van der Waals surface area contributed by atoms with Crippen molar-refractivity contribution < 1.29 is 60.2 Å². The van der Waals surface area contributed by atoms with Gasteiger partial charge in [-0.2, -0.15) is 0 Å². The maximum absolute atomic E-state index is 10.4. The van der Waals surface area contributed by atoms with Crippen LogP contribution in [0.15, 0.2) is 0 Å². The molecule has 0 saturated carbocycles. The van der Waals surface area contributed by atoms with E-state index in [1.165, 1.54) is 0 Å². The van der Waals surface area contributed by atoms with Crippen LogP contribution in [-0.4, -0.2) is 120 Å². The van der Waals surface area contributed by atoms with E-state index in [1.807, 2.05) is 0 Å². The van der Waals surface area contributed by atoms with Crippen molar-refractivity contribution in [1.82, 2.24) is 0 Å². The van der Waals surface area contributed by atoms with E-state index in [9.17, 15) is 15.0 Å². The molecule has 2 aliphatic heterocycles. The molecule has 0 aromatic carbocycles. The average Bonchev–Trinajstić information content (AvgIpc) is 2.57. The molecule has 11 N–H and O–H groups in total. The van der Waals surface area contributed by atoms with E-state index in [0.717, 1.165) is 0 Å². The van der Waals surface area contributed by atoms with Crippen molar-refractivity contribution in [3.8, 4) is 0 Å². The van der Waals surface area contributed by atoms with E-state index in [0.29, 0.717) is 0 Å². The maximum Gasteiger partial charge on any atom is 0.335 e. The first-order valence-electron chi connectivity index (χ1n) is 7.19. The van der Waals surface area contributed by atoms with Crippen LogP contribution in [0.4, 0.5) is 0 Å². The molecule has 25 heavy (non-hydrogen) atoms. The van der Waals surface area contributed by atoms with Crippen molar-refractivity contribution >= 4 is 5.97 Å². The molecule has 0 aromatic rings. The lowest BCUT2D eigenvalue weighted by molar-refractivity contribution is -0.279. The summed E-state index contributed by atoms with van der Waals surface area (Å²) >= 11 is 0. The van der Waals surface area contributed by atoms with Crippen molar-refractivity contribution in [3.63, 3.8) is 0 Å². The molecule has 0 spiro atoms. The highest BCUT2D eigenvalue weighted by Gasteiger charge is 2.46. The number of hydrogen-bond donors (Lipinski definition) is 10. The summed E-state index contributed by atoms with van der Waals surface area (Å²) in [7, 11) is 0. The third-order valence-corrected chi connectivity index (χ3v) is 3.78. The molecule has 13 heteroatoms. The molecule has 2 aliphatic rings. The molecule has 0 aromatic heterocycles. The standard InChI is InChI=1S/C6H13NO5.C6H10O7/c7-3-5(10)4(9)2(1-8)12-6(3)11;7-1-2(8)4(5(10)11)13-6(12)3(1)9/h2-6,8-11H,1,7H2;1-4,6-9,12H,(H,10,11)/t2-,3-,4-,5-,6-;1-,2-,3+,4-,6+/m10/s1. The second kappa shape index (κ2) is 9.11. The first-order valence-corrected chi connectivity index (χ1v) is 7.19. The summed E-state index contributed by atoms with van der Waals surface area (Å²) in [5.74, 6) is -1.52. The lowest BCUT2D eigenvalue weighted by Gasteiger charge is -2.38. The fraction of sp³-hybridized carbons (Fsp3) is 0.917. The van der Waals surface area contributed by atoms with Crippen LogP contribution in [0.2, 0.25) is 0 Å². The second-order valence-electron chi connectivity index (χ2n) is 5.56. The minimum atomic E-state index is -1.81. The largest absolute Gasteiger partial charge is 0.479 e. The van der Waals surface area contributed by atoms with Crippen molar-refractivity contribution in [3.05, 3.63) is 0 Å². The summed E-state index contributed by atoms with van der Waals surface area (Å²) in [6, 6.07) is -1.04. The number of hydrogen-bond acceptors (Lipinski definition) is 12. The van der Waals surface area contributed by atoms with Gasteiger partial charge in [-0.1, -0.05) is 0 Å². The van der Waals surface area contributed by atoms with Crippen LogP contribution in [0.3, 0.4) is 0 Å². The molecule has 2 rings (SSSR count). The molecular formula is C12H23NO12. The Morgan fingerprint density at radius 3 is 1.84 bits per heavy atom. The molecule has 2 saturated heterocycles. The number of aliphatic hydroxyl groups is 8. The van der Waals surface area contributed by atoms with Gasteiger partial charge in [0.25, 0.3) is 0 Å². The Bertz CT molecular complexity index is 434. The molecule has 0 amide bonds. The van der Waals surface area contributed by atoms with Crippen molar-refractivity contribution in [2.75, 3.05) is 6.61 Å². The van der Waals surface area contributed by atoms with Gasteiger partial charge in [-0.15, -0.1) is 0 Å². The zero-order chi connectivity index (χ0) is 19.5. The summed E-state index contributed by atoms with van der Waals surface area (Å²) in [6.45, 7) is -0.470. The molecular weight excluding hydrogens is 350 g/mol. The first kappa shape index (κ1) is 22.1. The molecule has 148 valence electrons. The molecule has 10 atom stereocenters. The number of aliphatic carboxylic acids is 1. The molecule has 0 bridgehead atoms. The Morgan fingerprint density at radius 1 is 0.800 bits per heavy atom. The third kappa shape index (κ3) is 5.02. The Hall–Kier alpha value is -0.970. The van der Waals surface area contributed by atoms with Crippen LogP contribution >= 0.6 is 0 Å². The number of rotatable bonds is 2. The zero-order valence-electron chi connectivity index (χ0n) is 12.8. The van der Waals surface area contributed by atoms with Crippen molar-refractivity contribution in [2.24, 2.45) is 5.73 Å². The highest BCUT2D eigenvalue weighted by atomic mass is 16.6. The topological polar surface area (TPSA) is 244 Å². The Kier molecular flexibility index (Phi) is 8.04. The molecule has 2 heterocycles. The number of ether oxygens (including phenoxy) is 2. The SMILES string of the molecule is N[C@@H]1[C@@H](O)[C@H](O)[C@@H](CO)O[C@H]1O.O=C(O)[C@H]1O[C@@H](O)[C@H](O)[C@@H](O)[C@@H]1O. The Balaban J connectivity index is 0.000000251. The number of carbonyl (C=O) groups is 1. The maximum atomic E-state index is 10.4. The van der Waals surface area contributed by atoms with Gasteiger partial charge in [0.1, 0.15) is 36.6 Å².